The number of hydrogen-bond donors (Lipinski definition) is 1. The molecule has 0 radical (unpaired) electrons. The van der Waals surface area contributed by atoms with Gasteiger partial charge in [-0.1, -0.05) is 12.8 Å². The van der Waals surface area contributed by atoms with E-state index in [-0.39, 0.29) is 11.4 Å². The Labute approximate surface area is 102 Å². The standard InChI is InChI=1S/C8H16ClNO4S2/c1-15(11,12)6-16(13,14)10-8-5-3-2-4-7(8)9/h7-8,10H,2-6H2,1H3. The molecular formula is C8H16ClNO4S2. The second kappa shape index (κ2) is 5.20. The van der Waals surface area contributed by atoms with Gasteiger partial charge in [-0.25, -0.2) is 21.6 Å². The van der Waals surface area contributed by atoms with Gasteiger partial charge >= 0.3 is 0 Å². The van der Waals surface area contributed by atoms with Crippen molar-refractivity contribution in [3.63, 3.8) is 0 Å². The number of alkyl halides is 1. The number of nitrogens with one attached hydrogen (secondary N) is 1. The molecule has 0 bridgehead atoms. The normalized spacial score (nSPS) is 27.9. The fourth-order valence-electron chi connectivity index (χ4n) is 1.76. The number of sulfonamides is 1. The lowest BCUT2D eigenvalue weighted by atomic mass is 9.96. The molecule has 2 atom stereocenters. The Balaban J connectivity index is 2.65. The van der Waals surface area contributed by atoms with Crippen molar-refractivity contribution in [2.45, 2.75) is 37.1 Å². The van der Waals surface area contributed by atoms with E-state index in [0.717, 1.165) is 25.5 Å². The van der Waals surface area contributed by atoms with E-state index in [2.05, 4.69) is 4.72 Å². The first-order valence-electron chi connectivity index (χ1n) is 5.01. The predicted octanol–water partition coefficient (Wildman–Crippen LogP) is 0.458. The van der Waals surface area contributed by atoms with Gasteiger partial charge in [0.1, 0.15) is 0 Å². The Morgan fingerprint density at radius 3 is 2.25 bits per heavy atom. The molecule has 1 saturated carbocycles. The Hall–Kier alpha value is 0.150. The van der Waals surface area contributed by atoms with Crippen LogP contribution in [0.3, 0.4) is 0 Å². The molecule has 8 heteroatoms. The van der Waals surface area contributed by atoms with E-state index < -0.39 is 24.9 Å². The molecule has 1 N–H and O–H groups in total. The Kier molecular flexibility index (Phi) is 4.62. The molecule has 5 nitrogen and oxygen atoms in total. The summed E-state index contributed by atoms with van der Waals surface area (Å²) in [7, 11) is -7.34. The molecule has 0 amide bonds. The fraction of sp³-hybridized carbons (Fsp3) is 1.00. The third-order valence-corrected chi connectivity index (χ3v) is 6.52. The average Bonchev–Trinajstić information content (AvgIpc) is 2.04. The third-order valence-electron chi connectivity index (χ3n) is 2.38. The summed E-state index contributed by atoms with van der Waals surface area (Å²) in [4.78, 5) is 0. The predicted molar refractivity (Wildman–Crippen MR) is 63.7 cm³/mol. The van der Waals surface area contributed by atoms with Crippen LogP contribution in [-0.4, -0.2) is 39.6 Å². The molecular weight excluding hydrogens is 274 g/mol. The molecule has 1 rings (SSSR count). The van der Waals surface area contributed by atoms with Crippen LogP contribution in [0.25, 0.3) is 0 Å². The molecule has 0 spiro atoms. The quantitative estimate of drug-likeness (QED) is 0.763. The molecule has 1 fully saturated rings. The summed E-state index contributed by atoms with van der Waals surface area (Å²) in [5.41, 5.74) is 0. The van der Waals surface area contributed by atoms with Crippen molar-refractivity contribution < 1.29 is 16.8 Å². The summed E-state index contributed by atoms with van der Waals surface area (Å²) in [5, 5.41) is -1.12. The van der Waals surface area contributed by atoms with Gasteiger partial charge in [0.15, 0.2) is 14.9 Å². The summed E-state index contributed by atoms with van der Waals surface area (Å²) in [6.45, 7) is 0. The topological polar surface area (TPSA) is 80.3 Å². The zero-order valence-electron chi connectivity index (χ0n) is 9.02. The Morgan fingerprint density at radius 2 is 1.75 bits per heavy atom. The first-order chi connectivity index (χ1) is 7.20. The van der Waals surface area contributed by atoms with Gasteiger partial charge in [-0.3, -0.25) is 0 Å². The summed E-state index contributed by atoms with van der Waals surface area (Å²) in [6, 6.07) is -0.345. The van der Waals surface area contributed by atoms with Crippen LogP contribution in [0.5, 0.6) is 0 Å². The first kappa shape index (κ1) is 14.2. The molecule has 0 aromatic carbocycles. The molecule has 0 aliphatic heterocycles. The molecule has 0 heterocycles. The number of hydrogen-bond acceptors (Lipinski definition) is 4. The highest BCUT2D eigenvalue weighted by molar-refractivity contribution is 8.06. The van der Waals surface area contributed by atoms with Gasteiger partial charge in [0, 0.05) is 17.7 Å². The molecule has 1 aliphatic carbocycles. The van der Waals surface area contributed by atoms with E-state index in [1.54, 1.807) is 0 Å². The van der Waals surface area contributed by atoms with Gasteiger partial charge in [0.25, 0.3) is 0 Å². The van der Waals surface area contributed by atoms with Gasteiger partial charge < -0.3 is 0 Å². The minimum atomic E-state index is -3.79. The van der Waals surface area contributed by atoms with Crippen molar-refractivity contribution in [1.29, 1.82) is 0 Å². The van der Waals surface area contributed by atoms with Gasteiger partial charge in [-0.05, 0) is 12.8 Å². The van der Waals surface area contributed by atoms with Crippen molar-refractivity contribution in [3.8, 4) is 0 Å². The van der Waals surface area contributed by atoms with E-state index in [4.69, 9.17) is 11.6 Å². The van der Waals surface area contributed by atoms with Gasteiger partial charge in [-0.15, -0.1) is 11.6 Å². The lowest BCUT2D eigenvalue weighted by molar-refractivity contribution is 0.419. The second-order valence-electron chi connectivity index (χ2n) is 4.18. The zero-order chi connectivity index (χ0) is 12.4. The van der Waals surface area contributed by atoms with Crippen molar-refractivity contribution in [2.75, 3.05) is 11.3 Å². The number of halogens is 1. The highest BCUT2D eigenvalue weighted by atomic mass is 35.5. The van der Waals surface area contributed by atoms with E-state index in [0.29, 0.717) is 6.42 Å². The second-order valence-corrected chi connectivity index (χ2v) is 9.00. The van der Waals surface area contributed by atoms with E-state index in [9.17, 15) is 16.8 Å². The van der Waals surface area contributed by atoms with Crippen LogP contribution in [0, 0.1) is 0 Å². The number of sulfone groups is 1. The van der Waals surface area contributed by atoms with Gasteiger partial charge in [0.05, 0.1) is 0 Å². The van der Waals surface area contributed by atoms with Crippen LogP contribution in [0.4, 0.5) is 0 Å². The van der Waals surface area contributed by atoms with Crippen molar-refractivity contribution >= 4 is 31.5 Å². The molecule has 0 saturated heterocycles. The Morgan fingerprint density at radius 1 is 1.19 bits per heavy atom. The molecule has 96 valence electrons. The zero-order valence-corrected chi connectivity index (χ0v) is 11.4. The summed E-state index contributed by atoms with van der Waals surface area (Å²) < 4.78 is 47.2. The lowest BCUT2D eigenvalue weighted by Crippen LogP contribution is -2.44. The van der Waals surface area contributed by atoms with Crippen LogP contribution >= 0.6 is 11.6 Å². The largest absolute Gasteiger partial charge is 0.228 e. The monoisotopic (exact) mass is 289 g/mol. The first-order valence-corrected chi connectivity index (χ1v) is 9.16. The van der Waals surface area contributed by atoms with Crippen LogP contribution in [-0.2, 0) is 19.9 Å². The van der Waals surface area contributed by atoms with Crippen LogP contribution < -0.4 is 4.72 Å². The maximum Gasteiger partial charge on any atom is 0.226 e. The smallest absolute Gasteiger partial charge is 0.226 e. The third kappa shape index (κ3) is 4.99. The van der Waals surface area contributed by atoms with E-state index in [1.165, 1.54) is 0 Å². The fourth-order valence-corrected chi connectivity index (χ4v) is 5.45. The van der Waals surface area contributed by atoms with E-state index >= 15 is 0 Å². The molecule has 2 unspecified atom stereocenters. The summed E-state index contributed by atoms with van der Waals surface area (Å²) in [6.07, 6.45) is 4.21. The maximum atomic E-state index is 11.5. The number of rotatable bonds is 4. The van der Waals surface area contributed by atoms with Crippen molar-refractivity contribution in [3.05, 3.63) is 0 Å². The molecule has 1 aliphatic rings. The minimum absolute atomic E-state index is 0.247. The lowest BCUT2D eigenvalue weighted by Gasteiger charge is -2.27. The van der Waals surface area contributed by atoms with Gasteiger partial charge in [-0.2, -0.15) is 0 Å². The SMILES string of the molecule is CS(=O)(=O)CS(=O)(=O)NC1CCCCC1Cl. The van der Waals surface area contributed by atoms with Gasteiger partial charge in [0.2, 0.25) is 10.0 Å². The maximum absolute atomic E-state index is 11.5. The van der Waals surface area contributed by atoms with Crippen LogP contribution in [0.1, 0.15) is 25.7 Å². The summed E-state index contributed by atoms with van der Waals surface area (Å²) in [5.74, 6) is 0. The highest BCUT2D eigenvalue weighted by Gasteiger charge is 2.28. The minimum Gasteiger partial charge on any atom is -0.228 e. The Bertz CT molecular complexity index is 431. The molecule has 0 aromatic rings. The van der Waals surface area contributed by atoms with Crippen molar-refractivity contribution in [2.24, 2.45) is 0 Å². The van der Waals surface area contributed by atoms with E-state index in [1.807, 2.05) is 0 Å². The van der Waals surface area contributed by atoms with Crippen LogP contribution in [0.2, 0.25) is 0 Å². The summed E-state index contributed by atoms with van der Waals surface area (Å²) >= 11 is 5.98. The molecule has 0 aromatic heterocycles. The molecule has 16 heavy (non-hydrogen) atoms. The highest BCUT2D eigenvalue weighted by Crippen LogP contribution is 2.23. The van der Waals surface area contributed by atoms with Crippen LogP contribution in [0.15, 0.2) is 0 Å². The average molecular weight is 290 g/mol. The van der Waals surface area contributed by atoms with Crippen molar-refractivity contribution in [1.82, 2.24) is 4.72 Å².